The van der Waals surface area contributed by atoms with Crippen molar-refractivity contribution in [1.29, 1.82) is 0 Å². The summed E-state index contributed by atoms with van der Waals surface area (Å²) < 4.78 is 0. The second-order valence-electron chi connectivity index (χ2n) is 0. The Labute approximate surface area is 287 Å². The smallest absolute Gasteiger partial charge is 2.00 e. The summed E-state index contributed by atoms with van der Waals surface area (Å²) >= 11 is 0. The Morgan fingerprint density at radius 3 is 0.136 bits per heavy atom. The monoisotopic (exact) mass is 480 g/mol. The normalized spacial score (nSPS) is 0. The maximum absolute atomic E-state index is 0. The van der Waals surface area contributed by atoms with Gasteiger partial charge in [-0.3, -0.25) is 0 Å². The first-order valence-corrected chi connectivity index (χ1v) is 0. The van der Waals surface area contributed by atoms with Gasteiger partial charge in [-0.15, -0.1) is 0 Å². The molecule has 0 bridgehead atoms. The van der Waals surface area contributed by atoms with Crippen molar-refractivity contribution in [3.8, 4) is 0 Å². The Morgan fingerprint density at radius 1 is 0.136 bits per heavy atom. The summed E-state index contributed by atoms with van der Waals surface area (Å²) in [5, 5.41) is 0. The van der Waals surface area contributed by atoms with Crippen LogP contribution in [0.25, 0.3) is 0 Å². The van der Waals surface area contributed by atoms with E-state index in [4.69, 9.17) is 0 Å². The van der Waals surface area contributed by atoms with Crippen LogP contribution in [0, 0.1) is 0 Å². The van der Waals surface area contributed by atoms with Crippen molar-refractivity contribution in [2.24, 2.45) is 0 Å². The average molecular weight is 482 g/mol. The zero-order chi connectivity index (χ0) is 0. The minimum Gasteiger partial charge on any atom is -2.00 e. The third kappa shape index (κ3) is 368. The molecule has 96 valence electrons. The Hall–Kier alpha value is 7.08. The minimum absolute atomic E-state index is 0. The van der Waals surface area contributed by atoms with Crippen molar-refractivity contribution in [3.05, 3.63) is 0 Å². The van der Waals surface area contributed by atoms with Crippen LogP contribution >= 0.6 is 0 Å². The van der Waals surface area contributed by atoms with Crippen LogP contribution in [-0.4, -0.2) is 184 Å². The topological polar surface area (TPSA) is 342 Å². The molecule has 0 amide bonds. The van der Waals surface area contributed by atoms with Gasteiger partial charge in [-0.25, -0.2) is 0 Å². The van der Waals surface area contributed by atoms with E-state index in [1.54, 1.807) is 0 Å². The molecule has 0 aliphatic rings. The zero-order valence-corrected chi connectivity index (χ0v) is 26.0. The SMILES string of the molecule is [Mg+2].[Mg+2].[Mg+2].[Mg+2].[Mg+2].[Mg+2].[Mg+2].[Mg+2].[O-2].[O-2].[O-2].[O-2].[O-2].[O-2].[O-2].[O-2].[O-2].[O-2].[O-2].[O-2].[Ti+4].[Ti+4]. The zero-order valence-electron chi connectivity index (χ0n) is 11.6. The summed E-state index contributed by atoms with van der Waals surface area (Å²) in [5.74, 6) is 0. The Balaban J connectivity index is 0. The number of hydrogen-bond acceptors (Lipinski definition) is 0. The standard InChI is InChI=1S/8Mg.12O.2Ti/q8*+2;12*-2;2*+4. The van der Waals surface area contributed by atoms with E-state index in [0.717, 1.165) is 0 Å². The summed E-state index contributed by atoms with van der Waals surface area (Å²) in [7, 11) is 0. The van der Waals surface area contributed by atoms with Crippen molar-refractivity contribution in [1.82, 2.24) is 0 Å². The fourth-order valence-corrected chi connectivity index (χ4v) is 0. The van der Waals surface area contributed by atoms with E-state index in [9.17, 15) is 0 Å². The van der Waals surface area contributed by atoms with Crippen molar-refractivity contribution in [2.75, 3.05) is 0 Å². The van der Waals surface area contributed by atoms with E-state index >= 15 is 0 Å². The molecule has 0 atom stereocenters. The van der Waals surface area contributed by atoms with Gasteiger partial charge in [0.1, 0.15) is 0 Å². The van der Waals surface area contributed by atoms with Crippen molar-refractivity contribution >= 4 is 184 Å². The van der Waals surface area contributed by atoms with Gasteiger partial charge in [0.05, 0.1) is 0 Å². The van der Waals surface area contributed by atoms with Crippen LogP contribution in [0.3, 0.4) is 0 Å². The molecule has 0 saturated carbocycles. The van der Waals surface area contributed by atoms with E-state index < -0.39 is 0 Å². The molecule has 0 aliphatic heterocycles. The molecule has 0 fully saturated rings. The Bertz CT molecular complexity index is 29.1. The molecule has 0 unspecified atom stereocenters. The second-order valence-corrected chi connectivity index (χ2v) is 0. The molecule has 0 aromatic rings. The average Bonchev–Trinajstić information content (AvgIpc) is 0. The van der Waals surface area contributed by atoms with Crippen LogP contribution in [0.15, 0.2) is 0 Å². The van der Waals surface area contributed by atoms with Gasteiger partial charge in [0, 0.05) is 0 Å². The first kappa shape index (κ1) is 458. The summed E-state index contributed by atoms with van der Waals surface area (Å²) in [5.41, 5.74) is 0. The fraction of sp³-hybridized carbons (Fsp3) is 0. The molecule has 22 heavy (non-hydrogen) atoms. The Morgan fingerprint density at radius 2 is 0.136 bits per heavy atom. The maximum Gasteiger partial charge on any atom is 4.00 e. The molecule has 0 aliphatic carbocycles. The van der Waals surface area contributed by atoms with Crippen molar-refractivity contribution < 1.29 is 109 Å². The largest absolute Gasteiger partial charge is 4.00 e. The molecule has 0 aromatic carbocycles. The van der Waals surface area contributed by atoms with Crippen LogP contribution in [-0.2, 0) is 109 Å². The third-order valence-corrected chi connectivity index (χ3v) is 0. The van der Waals surface area contributed by atoms with E-state index in [-0.39, 0.29) is 294 Å². The third-order valence-electron chi connectivity index (χ3n) is 0. The number of rotatable bonds is 0. The Kier molecular flexibility index (Phi) is 8550. The van der Waals surface area contributed by atoms with Gasteiger partial charge in [0.2, 0.25) is 0 Å². The predicted octanol–water partition coefficient (Wildman–Crippen LogP) is -4.48. The van der Waals surface area contributed by atoms with Gasteiger partial charge >= 0.3 is 228 Å². The van der Waals surface area contributed by atoms with Crippen LogP contribution in [0.4, 0.5) is 0 Å². The van der Waals surface area contributed by atoms with Crippen LogP contribution in [0.2, 0.25) is 0 Å². The van der Waals surface area contributed by atoms with Crippen LogP contribution in [0.1, 0.15) is 0 Å². The summed E-state index contributed by atoms with van der Waals surface area (Å²) in [6, 6.07) is 0. The molecule has 0 aromatic heterocycles. The molecule has 0 heterocycles. The van der Waals surface area contributed by atoms with E-state index in [1.165, 1.54) is 0 Å². The molecule has 0 rings (SSSR count). The van der Waals surface area contributed by atoms with E-state index in [2.05, 4.69) is 0 Å². The van der Waals surface area contributed by atoms with Crippen LogP contribution < -0.4 is 0 Å². The first-order chi connectivity index (χ1) is 0. The van der Waals surface area contributed by atoms with Gasteiger partial charge in [-0.05, 0) is 0 Å². The summed E-state index contributed by atoms with van der Waals surface area (Å²) in [6.07, 6.45) is 0. The van der Waals surface area contributed by atoms with Crippen molar-refractivity contribution in [3.63, 3.8) is 0 Å². The molecule has 0 saturated heterocycles. The second kappa shape index (κ2) is 411. The van der Waals surface area contributed by atoms with Gasteiger partial charge in [-0.1, -0.05) is 0 Å². The van der Waals surface area contributed by atoms with Gasteiger partial charge < -0.3 is 65.7 Å². The molecular weight excluding hydrogens is 482 g/mol. The fourth-order valence-electron chi connectivity index (χ4n) is 0. The molecule has 22 heteroatoms. The molecule has 0 N–H and O–H groups in total. The van der Waals surface area contributed by atoms with Crippen molar-refractivity contribution in [2.45, 2.75) is 0 Å². The van der Waals surface area contributed by atoms with Gasteiger partial charge in [-0.2, -0.15) is 0 Å². The molecule has 0 spiro atoms. The van der Waals surface area contributed by atoms with Gasteiger partial charge in [0.15, 0.2) is 0 Å². The quantitative estimate of drug-likeness (QED) is 0.295. The minimum atomic E-state index is 0. The number of hydrogen-bond donors (Lipinski definition) is 0. The first-order valence-electron chi connectivity index (χ1n) is 0. The molecule has 0 radical (unpaired) electrons. The van der Waals surface area contributed by atoms with E-state index in [1.807, 2.05) is 0 Å². The summed E-state index contributed by atoms with van der Waals surface area (Å²) in [4.78, 5) is 0. The van der Waals surface area contributed by atoms with E-state index in [0.29, 0.717) is 0 Å². The summed E-state index contributed by atoms with van der Waals surface area (Å²) in [6.45, 7) is 0. The maximum atomic E-state index is 0. The van der Waals surface area contributed by atoms with Crippen LogP contribution in [0.5, 0.6) is 0 Å². The van der Waals surface area contributed by atoms with Gasteiger partial charge in [0.25, 0.3) is 0 Å². The molecule has 12 nitrogen and oxygen atoms in total. The predicted molar refractivity (Wildman–Crippen MR) is 54.3 cm³/mol. The molecular formula is Mg8O12Ti2.